The minimum absolute atomic E-state index is 0. The largest absolute Gasteiger partial charge is 0.457 e. The van der Waals surface area contributed by atoms with Crippen LogP contribution in [0.2, 0.25) is 0 Å². The molecular weight excluding hydrogens is 388 g/mol. The van der Waals surface area contributed by atoms with Crippen LogP contribution >= 0.6 is 24.6 Å². The minimum atomic E-state index is -0.0392. The fourth-order valence-electron chi connectivity index (χ4n) is 3.64. The molecule has 0 saturated heterocycles. The van der Waals surface area contributed by atoms with Crippen LogP contribution in [-0.4, -0.2) is 11.0 Å². The predicted octanol–water partition coefficient (Wildman–Crippen LogP) is 6.01. The first-order chi connectivity index (χ1) is 13.2. The van der Waals surface area contributed by atoms with Gasteiger partial charge in [0.2, 0.25) is 0 Å². The van der Waals surface area contributed by atoms with Gasteiger partial charge in [-0.05, 0) is 48.6 Å². The van der Waals surface area contributed by atoms with Crippen molar-refractivity contribution in [3.05, 3.63) is 60.2 Å². The number of thiocarbonyl (C=S) groups is 1. The summed E-state index contributed by atoms with van der Waals surface area (Å²) >= 11 is 5.49. The Labute approximate surface area is 180 Å². The van der Waals surface area contributed by atoms with Gasteiger partial charge in [-0.2, -0.15) is 0 Å². The van der Waals surface area contributed by atoms with E-state index >= 15 is 0 Å². The van der Waals surface area contributed by atoms with E-state index in [-0.39, 0.29) is 18.4 Å². The van der Waals surface area contributed by atoms with Crippen molar-refractivity contribution in [2.24, 2.45) is 11.7 Å². The highest BCUT2D eigenvalue weighted by molar-refractivity contribution is 7.80. The van der Waals surface area contributed by atoms with Gasteiger partial charge in [0.25, 0.3) is 0 Å². The van der Waals surface area contributed by atoms with Gasteiger partial charge < -0.3 is 15.8 Å². The lowest BCUT2D eigenvalue weighted by atomic mass is 9.85. The lowest BCUT2D eigenvalue weighted by Gasteiger charge is -2.23. The van der Waals surface area contributed by atoms with Crippen molar-refractivity contribution >= 4 is 29.6 Å². The third kappa shape index (κ3) is 7.42. The van der Waals surface area contributed by atoms with Crippen LogP contribution in [0.1, 0.15) is 50.5 Å². The van der Waals surface area contributed by atoms with E-state index in [1.54, 1.807) is 0 Å². The van der Waals surface area contributed by atoms with Crippen LogP contribution < -0.4 is 15.8 Å². The second-order valence-corrected chi connectivity index (χ2v) is 7.90. The van der Waals surface area contributed by atoms with Crippen LogP contribution in [0.5, 0.6) is 11.5 Å². The average Bonchev–Trinajstić information content (AvgIpc) is 2.73. The Bertz CT molecular complexity index is 702. The molecule has 1 aliphatic carbocycles. The van der Waals surface area contributed by atoms with E-state index in [1.807, 2.05) is 42.5 Å². The molecule has 28 heavy (non-hydrogen) atoms. The zero-order chi connectivity index (χ0) is 18.9. The van der Waals surface area contributed by atoms with E-state index < -0.39 is 0 Å². The Hall–Kier alpha value is -1.62. The quantitative estimate of drug-likeness (QED) is 0.515. The smallest absolute Gasteiger partial charge is 0.127 e. The summed E-state index contributed by atoms with van der Waals surface area (Å²) < 4.78 is 5.82. The van der Waals surface area contributed by atoms with Crippen LogP contribution in [0.3, 0.4) is 0 Å². The maximum absolute atomic E-state index is 6.28. The number of para-hydroxylation sites is 1. The molecule has 2 aromatic carbocycles. The van der Waals surface area contributed by atoms with E-state index in [4.69, 9.17) is 22.7 Å². The zero-order valence-electron chi connectivity index (χ0n) is 16.3. The van der Waals surface area contributed by atoms with Gasteiger partial charge in [-0.1, -0.05) is 74.7 Å². The molecule has 0 bridgehead atoms. The Balaban J connectivity index is 0.00000280. The Morgan fingerprint density at radius 1 is 1.00 bits per heavy atom. The minimum Gasteiger partial charge on any atom is -0.457 e. The third-order valence-electron chi connectivity index (χ3n) is 5.32. The highest BCUT2D eigenvalue weighted by Gasteiger charge is 2.16. The normalized spacial score (nSPS) is 15.3. The summed E-state index contributed by atoms with van der Waals surface area (Å²) in [6.07, 6.45) is 9.08. The van der Waals surface area contributed by atoms with E-state index in [1.165, 1.54) is 38.5 Å². The van der Waals surface area contributed by atoms with E-state index in [0.717, 1.165) is 34.4 Å². The molecule has 3 N–H and O–H groups in total. The van der Waals surface area contributed by atoms with E-state index in [2.05, 4.69) is 17.4 Å². The van der Waals surface area contributed by atoms with Gasteiger partial charge in [-0.25, -0.2) is 0 Å². The summed E-state index contributed by atoms with van der Waals surface area (Å²) in [6, 6.07) is 17.8. The molecule has 0 unspecified atom stereocenters. The Morgan fingerprint density at radius 3 is 2.32 bits per heavy atom. The average molecular weight is 419 g/mol. The molecule has 3 nitrogen and oxygen atoms in total. The first-order valence-corrected chi connectivity index (χ1v) is 10.5. The molecule has 1 fully saturated rings. The number of hydrogen-bond donors (Lipinski definition) is 2. The zero-order valence-corrected chi connectivity index (χ0v) is 17.9. The first kappa shape index (κ1) is 22.7. The number of benzene rings is 2. The van der Waals surface area contributed by atoms with Crippen LogP contribution in [0.15, 0.2) is 54.6 Å². The van der Waals surface area contributed by atoms with Crippen molar-refractivity contribution in [3.63, 3.8) is 0 Å². The highest BCUT2D eigenvalue weighted by atomic mass is 35.5. The lowest BCUT2D eigenvalue weighted by Crippen LogP contribution is -2.39. The molecule has 0 spiro atoms. The molecule has 1 atom stereocenters. The van der Waals surface area contributed by atoms with Crippen molar-refractivity contribution in [3.8, 4) is 11.5 Å². The molecule has 3 rings (SSSR count). The molecule has 0 radical (unpaired) electrons. The van der Waals surface area contributed by atoms with Crippen molar-refractivity contribution < 1.29 is 4.74 Å². The molecule has 0 aliphatic heterocycles. The maximum Gasteiger partial charge on any atom is 0.127 e. The van der Waals surface area contributed by atoms with Crippen molar-refractivity contribution in [1.29, 1.82) is 0 Å². The molecule has 1 aliphatic rings. The first-order valence-electron chi connectivity index (χ1n) is 10.1. The molecule has 152 valence electrons. The molecule has 0 heterocycles. The number of rotatable bonds is 8. The summed E-state index contributed by atoms with van der Waals surface area (Å²) in [7, 11) is 0. The monoisotopic (exact) mass is 418 g/mol. The van der Waals surface area contributed by atoms with Gasteiger partial charge in [0.05, 0.1) is 11.0 Å². The van der Waals surface area contributed by atoms with Crippen LogP contribution in [0.4, 0.5) is 0 Å². The topological polar surface area (TPSA) is 47.3 Å². The second-order valence-electron chi connectivity index (χ2n) is 7.46. The van der Waals surface area contributed by atoms with Gasteiger partial charge >= 0.3 is 0 Å². The summed E-state index contributed by atoms with van der Waals surface area (Å²) in [5.41, 5.74) is 7.45. The van der Waals surface area contributed by atoms with Gasteiger partial charge in [-0.15, -0.1) is 12.4 Å². The van der Waals surface area contributed by atoms with Gasteiger partial charge in [0, 0.05) is 6.54 Å². The predicted molar refractivity (Wildman–Crippen MR) is 123 cm³/mol. The van der Waals surface area contributed by atoms with Crippen molar-refractivity contribution in [1.82, 2.24) is 5.32 Å². The summed E-state index contributed by atoms with van der Waals surface area (Å²) in [4.78, 5) is 0.774. The SMILES string of the molecule is Cl.N[C@H](CCC1CCCCC1)C(=S)NCc1ccc(Oc2ccccc2)cc1. The second kappa shape index (κ2) is 12.1. The highest BCUT2D eigenvalue weighted by Crippen LogP contribution is 2.27. The summed E-state index contributed by atoms with van der Waals surface area (Å²) in [5.74, 6) is 2.52. The lowest BCUT2D eigenvalue weighted by molar-refractivity contribution is 0.330. The standard InChI is InChI=1S/C23H30N2OS.ClH/c24-22(16-13-18-7-3-1-4-8-18)23(27)25-17-19-11-14-21(15-12-19)26-20-9-5-2-6-10-20;/h2,5-6,9-12,14-15,18,22H,1,3-4,7-8,13,16-17,24H2,(H,25,27);1H/t22-;/m1./s1. The van der Waals surface area contributed by atoms with E-state index in [9.17, 15) is 0 Å². The van der Waals surface area contributed by atoms with Crippen molar-refractivity contribution in [2.75, 3.05) is 0 Å². The fourth-order valence-corrected chi connectivity index (χ4v) is 3.83. The third-order valence-corrected chi connectivity index (χ3v) is 5.76. The summed E-state index contributed by atoms with van der Waals surface area (Å²) in [5, 5.41) is 3.32. The number of hydrogen-bond acceptors (Lipinski definition) is 3. The molecule has 1 saturated carbocycles. The van der Waals surface area contributed by atoms with E-state index in [0.29, 0.717) is 6.54 Å². The molecule has 0 aromatic heterocycles. The number of nitrogens with two attached hydrogens (primary N) is 1. The number of nitrogens with one attached hydrogen (secondary N) is 1. The van der Waals surface area contributed by atoms with Crippen molar-refractivity contribution in [2.45, 2.75) is 57.5 Å². The van der Waals surface area contributed by atoms with Crippen LogP contribution in [0, 0.1) is 5.92 Å². The Morgan fingerprint density at radius 2 is 1.64 bits per heavy atom. The molecule has 2 aromatic rings. The van der Waals surface area contributed by atoms with Crippen LogP contribution in [-0.2, 0) is 6.54 Å². The number of halogens is 1. The van der Waals surface area contributed by atoms with Gasteiger partial charge in [0.1, 0.15) is 11.5 Å². The maximum atomic E-state index is 6.28. The number of ether oxygens (including phenoxy) is 1. The van der Waals surface area contributed by atoms with Gasteiger partial charge in [-0.3, -0.25) is 0 Å². The van der Waals surface area contributed by atoms with Gasteiger partial charge in [0.15, 0.2) is 0 Å². The van der Waals surface area contributed by atoms with Crippen LogP contribution in [0.25, 0.3) is 0 Å². The summed E-state index contributed by atoms with van der Waals surface area (Å²) in [6.45, 7) is 0.696. The molecule has 5 heteroatoms. The molecular formula is C23H31ClN2OS. The fraction of sp³-hybridized carbons (Fsp3) is 0.435. The Kier molecular flexibility index (Phi) is 9.76. The molecule has 0 amide bonds.